The van der Waals surface area contributed by atoms with Crippen molar-refractivity contribution in [2.45, 2.75) is 13.3 Å². The molecule has 4 heteroatoms. The van der Waals surface area contributed by atoms with Gasteiger partial charge in [0, 0.05) is 11.3 Å². The van der Waals surface area contributed by atoms with Crippen LogP contribution in [0.25, 0.3) is 10.9 Å². The number of carbonyl (C=O) groups is 1. The van der Waals surface area contributed by atoms with E-state index in [1.54, 1.807) is 6.20 Å². The van der Waals surface area contributed by atoms with Crippen LogP contribution in [0.2, 0.25) is 0 Å². The predicted molar refractivity (Wildman–Crippen MR) is 62.0 cm³/mol. The molecule has 0 unspecified atom stereocenters. The van der Waals surface area contributed by atoms with Gasteiger partial charge in [0.2, 0.25) is 5.91 Å². The van der Waals surface area contributed by atoms with Crippen LogP contribution in [0.3, 0.4) is 0 Å². The van der Waals surface area contributed by atoms with Crippen molar-refractivity contribution in [3.63, 3.8) is 0 Å². The van der Waals surface area contributed by atoms with Crippen LogP contribution >= 0.6 is 0 Å². The second-order valence-electron chi connectivity index (χ2n) is 4.45. The first kappa shape index (κ1) is 9.39. The van der Waals surface area contributed by atoms with Crippen LogP contribution in [0.5, 0.6) is 0 Å². The number of aromatic amines is 1. The van der Waals surface area contributed by atoms with E-state index in [2.05, 4.69) is 22.4 Å². The van der Waals surface area contributed by atoms with Gasteiger partial charge < -0.3 is 5.32 Å². The van der Waals surface area contributed by atoms with E-state index in [9.17, 15) is 4.79 Å². The third-order valence-corrected chi connectivity index (χ3v) is 3.18. The number of H-pyrrole nitrogens is 1. The maximum absolute atomic E-state index is 11.8. The molecule has 0 bridgehead atoms. The topological polar surface area (TPSA) is 57.8 Å². The molecule has 82 valence electrons. The molecule has 4 nitrogen and oxygen atoms in total. The molecule has 3 rings (SSSR count). The summed E-state index contributed by atoms with van der Waals surface area (Å²) in [5, 5.41) is 10.8. The summed E-state index contributed by atoms with van der Waals surface area (Å²) in [5.74, 6) is 0.841. The monoisotopic (exact) mass is 215 g/mol. The normalized spacial score (nSPS) is 23.3. The number of benzene rings is 1. The molecule has 2 N–H and O–H groups in total. The van der Waals surface area contributed by atoms with E-state index in [4.69, 9.17) is 0 Å². The standard InChI is InChI=1S/C12H13N3O/c1-7-5-9(7)12(16)14-10-4-2-3-8-6-13-15-11(8)10/h2-4,6-7,9H,5H2,1H3,(H,13,15)(H,14,16)/t7-,9-/m1/s1. The molecule has 1 aromatic carbocycles. The van der Waals surface area contributed by atoms with Crippen molar-refractivity contribution in [2.75, 3.05) is 5.32 Å². The fourth-order valence-electron chi connectivity index (χ4n) is 1.99. The van der Waals surface area contributed by atoms with Crippen LogP contribution in [-0.2, 0) is 4.79 Å². The van der Waals surface area contributed by atoms with E-state index in [0.717, 1.165) is 23.0 Å². The van der Waals surface area contributed by atoms with Gasteiger partial charge >= 0.3 is 0 Å². The minimum Gasteiger partial charge on any atom is -0.324 e. The van der Waals surface area contributed by atoms with E-state index in [0.29, 0.717) is 5.92 Å². The van der Waals surface area contributed by atoms with E-state index in [-0.39, 0.29) is 11.8 Å². The molecular weight excluding hydrogens is 202 g/mol. The Hall–Kier alpha value is -1.84. The van der Waals surface area contributed by atoms with Crippen molar-refractivity contribution in [1.82, 2.24) is 10.2 Å². The second kappa shape index (κ2) is 3.33. The molecule has 2 aromatic rings. The Morgan fingerprint density at radius 1 is 1.56 bits per heavy atom. The molecule has 0 radical (unpaired) electrons. The van der Waals surface area contributed by atoms with Crippen molar-refractivity contribution in [1.29, 1.82) is 0 Å². The highest BCUT2D eigenvalue weighted by Crippen LogP contribution is 2.38. The van der Waals surface area contributed by atoms with Crippen LogP contribution in [-0.4, -0.2) is 16.1 Å². The number of nitrogens with one attached hydrogen (secondary N) is 2. The summed E-state index contributed by atoms with van der Waals surface area (Å²) < 4.78 is 0. The van der Waals surface area contributed by atoms with Gasteiger partial charge in [-0.3, -0.25) is 9.89 Å². The predicted octanol–water partition coefficient (Wildman–Crippen LogP) is 2.16. The SMILES string of the molecule is C[C@@H]1C[C@H]1C(=O)Nc1cccc2cn[nH]c12. The van der Waals surface area contributed by atoms with E-state index < -0.39 is 0 Å². The number of hydrogen-bond donors (Lipinski definition) is 2. The van der Waals surface area contributed by atoms with Crippen LogP contribution in [0, 0.1) is 11.8 Å². The summed E-state index contributed by atoms with van der Waals surface area (Å²) in [6.45, 7) is 2.10. The lowest BCUT2D eigenvalue weighted by Crippen LogP contribution is -2.14. The number of para-hydroxylation sites is 1. The molecule has 1 aliphatic carbocycles. The second-order valence-corrected chi connectivity index (χ2v) is 4.45. The molecule has 1 aromatic heterocycles. The van der Waals surface area contributed by atoms with Gasteiger partial charge in [-0.15, -0.1) is 0 Å². The Balaban J connectivity index is 1.88. The van der Waals surface area contributed by atoms with Gasteiger partial charge in [0.1, 0.15) is 0 Å². The third-order valence-electron chi connectivity index (χ3n) is 3.18. The first-order chi connectivity index (χ1) is 7.75. The zero-order valence-electron chi connectivity index (χ0n) is 9.03. The average Bonchev–Trinajstić information content (AvgIpc) is 2.81. The number of rotatable bonds is 2. The Bertz CT molecular complexity index is 546. The van der Waals surface area contributed by atoms with Gasteiger partial charge in [-0.05, 0) is 18.4 Å². The van der Waals surface area contributed by atoms with Crippen LogP contribution in [0.1, 0.15) is 13.3 Å². The van der Waals surface area contributed by atoms with Gasteiger partial charge in [-0.25, -0.2) is 0 Å². The highest BCUT2D eigenvalue weighted by molar-refractivity contribution is 6.01. The summed E-state index contributed by atoms with van der Waals surface area (Å²) >= 11 is 0. The highest BCUT2D eigenvalue weighted by atomic mass is 16.2. The van der Waals surface area contributed by atoms with E-state index in [1.807, 2.05) is 18.2 Å². The van der Waals surface area contributed by atoms with Crippen molar-refractivity contribution in [2.24, 2.45) is 11.8 Å². The summed E-state index contributed by atoms with van der Waals surface area (Å²) in [6.07, 6.45) is 2.76. The number of amides is 1. The van der Waals surface area contributed by atoms with Crippen molar-refractivity contribution < 1.29 is 4.79 Å². The lowest BCUT2D eigenvalue weighted by Gasteiger charge is -2.05. The van der Waals surface area contributed by atoms with Crippen molar-refractivity contribution in [3.8, 4) is 0 Å². The fourth-order valence-corrected chi connectivity index (χ4v) is 1.99. The minimum absolute atomic E-state index is 0.120. The largest absolute Gasteiger partial charge is 0.324 e. The number of anilines is 1. The Labute approximate surface area is 93.0 Å². The molecule has 0 saturated heterocycles. The summed E-state index contributed by atoms with van der Waals surface area (Å²) in [6, 6.07) is 5.78. The van der Waals surface area contributed by atoms with Gasteiger partial charge in [-0.2, -0.15) is 5.10 Å². The summed E-state index contributed by atoms with van der Waals surface area (Å²) in [7, 11) is 0. The van der Waals surface area contributed by atoms with Gasteiger partial charge in [0.25, 0.3) is 0 Å². The Kier molecular flexibility index (Phi) is 1.96. The molecular formula is C12H13N3O. The number of aromatic nitrogens is 2. The maximum Gasteiger partial charge on any atom is 0.227 e. The van der Waals surface area contributed by atoms with Crippen LogP contribution in [0.4, 0.5) is 5.69 Å². The number of nitrogens with zero attached hydrogens (tertiary/aromatic N) is 1. The minimum atomic E-state index is 0.120. The van der Waals surface area contributed by atoms with E-state index in [1.165, 1.54) is 0 Å². The molecule has 2 atom stereocenters. The molecule has 1 amide bonds. The molecule has 16 heavy (non-hydrogen) atoms. The van der Waals surface area contributed by atoms with Gasteiger partial charge in [0.15, 0.2) is 0 Å². The number of fused-ring (bicyclic) bond motifs is 1. The van der Waals surface area contributed by atoms with Crippen LogP contribution < -0.4 is 5.32 Å². The Morgan fingerprint density at radius 2 is 2.38 bits per heavy atom. The first-order valence-electron chi connectivity index (χ1n) is 5.48. The molecule has 0 aliphatic heterocycles. The quantitative estimate of drug-likeness (QED) is 0.806. The third kappa shape index (κ3) is 1.46. The zero-order valence-corrected chi connectivity index (χ0v) is 9.03. The number of carbonyl (C=O) groups excluding carboxylic acids is 1. The molecule has 1 saturated carbocycles. The molecule has 1 aliphatic rings. The van der Waals surface area contributed by atoms with Crippen molar-refractivity contribution in [3.05, 3.63) is 24.4 Å². The number of hydrogen-bond acceptors (Lipinski definition) is 2. The van der Waals surface area contributed by atoms with Crippen LogP contribution in [0.15, 0.2) is 24.4 Å². The molecule has 1 fully saturated rings. The first-order valence-corrected chi connectivity index (χ1v) is 5.48. The fraction of sp³-hybridized carbons (Fsp3) is 0.333. The van der Waals surface area contributed by atoms with Crippen molar-refractivity contribution >= 4 is 22.5 Å². The van der Waals surface area contributed by atoms with Gasteiger partial charge in [-0.1, -0.05) is 19.1 Å². The Morgan fingerprint density at radius 3 is 3.12 bits per heavy atom. The smallest absolute Gasteiger partial charge is 0.227 e. The lowest BCUT2D eigenvalue weighted by molar-refractivity contribution is -0.117. The maximum atomic E-state index is 11.8. The summed E-state index contributed by atoms with van der Waals surface area (Å²) in [4.78, 5) is 11.8. The lowest BCUT2D eigenvalue weighted by atomic mass is 10.2. The molecule has 0 spiro atoms. The van der Waals surface area contributed by atoms with Gasteiger partial charge in [0.05, 0.1) is 17.4 Å². The summed E-state index contributed by atoms with van der Waals surface area (Å²) in [5.41, 5.74) is 1.71. The zero-order chi connectivity index (χ0) is 11.1. The van der Waals surface area contributed by atoms with E-state index >= 15 is 0 Å². The average molecular weight is 215 g/mol. The highest BCUT2D eigenvalue weighted by Gasteiger charge is 2.39. The molecule has 1 heterocycles.